The first-order valence-electron chi connectivity index (χ1n) is 8.82. The van der Waals surface area contributed by atoms with Crippen molar-refractivity contribution in [2.75, 3.05) is 5.75 Å². The number of hydrogen-bond donors (Lipinski definition) is 1. The molecule has 0 fully saturated rings. The maximum atomic E-state index is 12.8. The second-order valence-corrected chi connectivity index (χ2v) is 7.68. The summed E-state index contributed by atoms with van der Waals surface area (Å²) in [6, 6.07) is 8.19. The van der Waals surface area contributed by atoms with Crippen LogP contribution in [0.1, 0.15) is 57.1 Å². The van der Waals surface area contributed by atoms with Crippen LogP contribution in [0.4, 0.5) is 5.69 Å². The maximum Gasteiger partial charge on any atom is 0.189 e. The third kappa shape index (κ3) is 3.02. The Balaban J connectivity index is 1.56. The van der Waals surface area contributed by atoms with Gasteiger partial charge in [-0.05, 0) is 32.4 Å². The molecule has 0 spiro atoms. The average molecular weight is 380 g/mol. The monoisotopic (exact) mass is 380 g/mol. The number of nitrogens with zero attached hydrogens (tertiary/aromatic N) is 3. The molecule has 0 bridgehead atoms. The number of hydrogen-bond acceptors (Lipinski definition) is 6. The SMILES string of the molecule is CC(=O)c1c(C)[nH]c(C(=O)CSC2=Nc3ccccc3C3CC=NN23)c1C. The lowest BCUT2D eigenvalue weighted by Gasteiger charge is -2.29. The van der Waals surface area contributed by atoms with Crippen LogP contribution < -0.4 is 0 Å². The van der Waals surface area contributed by atoms with E-state index >= 15 is 0 Å². The highest BCUT2D eigenvalue weighted by atomic mass is 32.2. The van der Waals surface area contributed by atoms with Gasteiger partial charge in [-0.3, -0.25) is 9.59 Å². The number of aryl methyl sites for hydroxylation is 1. The minimum atomic E-state index is -0.0469. The molecule has 2 aliphatic rings. The molecule has 1 aromatic carbocycles. The molecule has 3 heterocycles. The normalized spacial score (nSPS) is 17.5. The number of aliphatic imine (C=N–C) groups is 1. The molecule has 138 valence electrons. The van der Waals surface area contributed by atoms with E-state index in [1.807, 2.05) is 43.3 Å². The maximum absolute atomic E-state index is 12.8. The second kappa shape index (κ2) is 6.81. The van der Waals surface area contributed by atoms with Crippen LogP contribution >= 0.6 is 11.8 Å². The molecule has 27 heavy (non-hydrogen) atoms. The number of amidine groups is 1. The van der Waals surface area contributed by atoms with Gasteiger partial charge in [0.05, 0.1) is 23.2 Å². The number of ketones is 2. The molecule has 2 aliphatic heterocycles. The summed E-state index contributed by atoms with van der Waals surface area (Å²) < 4.78 is 0. The molecule has 0 saturated heterocycles. The third-order valence-corrected chi connectivity index (χ3v) is 5.88. The summed E-state index contributed by atoms with van der Waals surface area (Å²) in [6.45, 7) is 5.15. The standard InChI is InChI=1S/C20H20N4O2S/c1-11-18(13(3)25)12(2)22-19(11)17(26)10-27-20-23-15-7-5-4-6-14(15)16-8-9-21-24(16)20/h4-7,9,16,22H,8,10H2,1-3H3. The Kier molecular flexibility index (Phi) is 4.47. The predicted octanol–water partition coefficient (Wildman–Crippen LogP) is 4.18. The Morgan fingerprint density at radius 3 is 2.81 bits per heavy atom. The summed E-state index contributed by atoms with van der Waals surface area (Å²) in [5.41, 5.74) is 4.66. The smallest absolute Gasteiger partial charge is 0.189 e. The number of para-hydroxylation sites is 1. The Morgan fingerprint density at radius 2 is 2.07 bits per heavy atom. The van der Waals surface area contributed by atoms with Crippen molar-refractivity contribution in [2.45, 2.75) is 33.2 Å². The minimum absolute atomic E-state index is 0.0320. The van der Waals surface area contributed by atoms with Crippen LogP contribution in [0.15, 0.2) is 34.4 Å². The molecule has 7 heteroatoms. The van der Waals surface area contributed by atoms with Gasteiger partial charge in [0.15, 0.2) is 16.7 Å². The number of nitrogens with one attached hydrogen (secondary N) is 1. The molecule has 0 radical (unpaired) electrons. The molecule has 0 saturated carbocycles. The first kappa shape index (κ1) is 17.7. The van der Waals surface area contributed by atoms with E-state index in [0.29, 0.717) is 11.3 Å². The van der Waals surface area contributed by atoms with Crippen LogP contribution in [0.5, 0.6) is 0 Å². The van der Waals surface area contributed by atoms with Crippen molar-refractivity contribution < 1.29 is 9.59 Å². The molecule has 0 aliphatic carbocycles. The van der Waals surface area contributed by atoms with Crippen molar-refractivity contribution in [1.82, 2.24) is 9.99 Å². The zero-order chi connectivity index (χ0) is 19.1. The Labute approximate surface area is 161 Å². The number of fused-ring (bicyclic) bond motifs is 3. The highest BCUT2D eigenvalue weighted by Crippen LogP contribution is 2.41. The molecule has 1 atom stereocenters. The molecule has 1 N–H and O–H groups in total. The minimum Gasteiger partial charge on any atom is -0.355 e. The zero-order valence-corrected chi connectivity index (χ0v) is 16.3. The van der Waals surface area contributed by atoms with Gasteiger partial charge in [-0.25, -0.2) is 10.0 Å². The van der Waals surface area contributed by atoms with Crippen LogP contribution in [0, 0.1) is 13.8 Å². The summed E-state index contributed by atoms with van der Waals surface area (Å²) in [5, 5.41) is 7.07. The van der Waals surface area contributed by atoms with Crippen LogP contribution in [0.2, 0.25) is 0 Å². The molecule has 1 unspecified atom stereocenters. The van der Waals surface area contributed by atoms with E-state index in [1.54, 1.807) is 0 Å². The second-order valence-electron chi connectivity index (χ2n) is 6.74. The van der Waals surface area contributed by atoms with Gasteiger partial charge in [0.1, 0.15) is 0 Å². The Morgan fingerprint density at radius 1 is 1.30 bits per heavy atom. The van der Waals surface area contributed by atoms with E-state index in [0.717, 1.165) is 34.1 Å². The van der Waals surface area contributed by atoms with E-state index in [4.69, 9.17) is 4.99 Å². The third-order valence-electron chi connectivity index (χ3n) is 4.94. The Hall–Kier alpha value is -2.67. The van der Waals surface area contributed by atoms with Crippen molar-refractivity contribution in [3.63, 3.8) is 0 Å². The summed E-state index contributed by atoms with van der Waals surface area (Å²) >= 11 is 1.38. The predicted molar refractivity (Wildman–Crippen MR) is 108 cm³/mol. The van der Waals surface area contributed by atoms with Crippen LogP contribution in [0.25, 0.3) is 0 Å². The van der Waals surface area contributed by atoms with Gasteiger partial charge in [-0.1, -0.05) is 30.0 Å². The summed E-state index contributed by atoms with van der Waals surface area (Å²) in [5.74, 6) is 0.155. The summed E-state index contributed by atoms with van der Waals surface area (Å²) in [7, 11) is 0. The van der Waals surface area contributed by atoms with Crippen LogP contribution in [-0.2, 0) is 0 Å². The first-order valence-corrected chi connectivity index (χ1v) is 9.81. The van der Waals surface area contributed by atoms with Crippen LogP contribution in [-0.4, -0.2) is 38.7 Å². The number of hydrazone groups is 1. The van der Waals surface area contributed by atoms with Gasteiger partial charge in [0.2, 0.25) is 0 Å². The van der Waals surface area contributed by atoms with Gasteiger partial charge in [0, 0.05) is 29.5 Å². The summed E-state index contributed by atoms with van der Waals surface area (Å²) in [6.07, 6.45) is 2.73. The molecular weight excluding hydrogens is 360 g/mol. The lowest BCUT2D eigenvalue weighted by Crippen LogP contribution is -2.28. The van der Waals surface area contributed by atoms with Crippen molar-refractivity contribution in [1.29, 1.82) is 0 Å². The van der Waals surface area contributed by atoms with Gasteiger partial charge in [-0.2, -0.15) is 5.10 Å². The van der Waals surface area contributed by atoms with Gasteiger partial charge < -0.3 is 4.98 Å². The number of rotatable bonds is 4. The molecule has 0 amide bonds. The van der Waals surface area contributed by atoms with Crippen molar-refractivity contribution in [3.05, 3.63) is 52.3 Å². The topological polar surface area (TPSA) is 77.9 Å². The average Bonchev–Trinajstić information content (AvgIpc) is 3.24. The Bertz CT molecular complexity index is 1010. The van der Waals surface area contributed by atoms with Gasteiger partial charge in [0.25, 0.3) is 0 Å². The van der Waals surface area contributed by atoms with Crippen LogP contribution in [0.3, 0.4) is 0 Å². The van der Waals surface area contributed by atoms with Crippen molar-refractivity contribution in [3.8, 4) is 0 Å². The van der Waals surface area contributed by atoms with Gasteiger partial charge in [-0.15, -0.1) is 0 Å². The molecular formula is C20H20N4O2S. The number of carbonyl (C=O) groups excluding carboxylic acids is 2. The fourth-order valence-electron chi connectivity index (χ4n) is 3.74. The van der Waals surface area contributed by atoms with E-state index in [-0.39, 0.29) is 23.4 Å². The fourth-order valence-corrected chi connectivity index (χ4v) is 4.61. The number of aromatic nitrogens is 1. The van der Waals surface area contributed by atoms with E-state index in [2.05, 4.69) is 16.2 Å². The van der Waals surface area contributed by atoms with Gasteiger partial charge >= 0.3 is 0 Å². The van der Waals surface area contributed by atoms with Crippen molar-refractivity contribution >= 4 is 40.4 Å². The number of H-pyrrole nitrogens is 1. The number of thioether (sulfide) groups is 1. The van der Waals surface area contributed by atoms with E-state index in [1.165, 1.54) is 18.7 Å². The molecule has 1 aromatic heterocycles. The van der Waals surface area contributed by atoms with Crippen molar-refractivity contribution in [2.24, 2.45) is 10.1 Å². The molecule has 6 nitrogen and oxygen atoms in total. The molecule has 4 rings (SSSR count). The highest BCUT2D eigenvalue weighted by molar-refractivity contribution is 8.14. The number of carbonyl (C=O) groups is 2. The number of aromatic amines is 1. The number of benzene rings is 1. The summed E-state index contributed by atoms with van der Waals surface area (Å²) in [4.78, 5) is 32.3. The van der Waals surface area contributed by atoms with E-state index < -0.39 is 0 Å². The first-order chi connectivity index (χ1) is 13.0. The highest BCUT2D eigenvalue weighted by Gasteiger charge is 2.33. The largest absolute Gasteiger partial charge is 0.355 e. The van der Waals surface area contributed by atoms with E-state index in [9.17, 15) is 9.59 Å². The molecule has 2 aromatic rings. The zero-order valence-electron chi connectivity index (χ0n) is 15.4. The number of Topliss-reactive ketones (excluding diaryl/α,β-unsaturated/α-hetero) is 2. The lowest BCUT2D eigenvalue weighted by molar-refractivity contribution is 0.101. The quantitative estimate of drug-likeness (QED) is 0.807. The fraction of sp³-hybridized carbons (Fsp3) is 0.300. The lowest BCUT2D eigenvalue weighted by atomic mass is 10.0.